The number of benzene rings is 1. The Kier molecular flexibility index (Phi) is 10.9. The predicted molar refractivity (Wildman–Crippen MR) is 90.2 cm³/mol. The van der Waals surface area contributed by atoms with Crippen LogP contribution in [-0.4, -0.2) is 29.0 Å². The third-order valence-corrected chi connectivity index (χ3v) is 4.40. The second kappa shape index (κ2) is 10.9. The van der Waals surface area contributed by atoms with Crippen molar-refractivity contribution in [3.05, 3.63) is 28.2 Å². The minimum Gasteiger partial charge on any atom is -0.304 e. The zero-order chi connectivity index (χ0) is 14.8. The van der Waals surface area contributed by atoms with Crippen LogP contribution in [0.2, 0.25) is 10.0 Å². The quantitative estimate of drug-likeness (QED) is 0.579. The second-order valence-electron chi connectivity index (χ2n) is 3.54. The Morgan fingerprint density at radius 1 is 1.16 bits per heavy atom. The van der Waals surface area contributed by atoms with E-state index < -0.39 is 0 Å². The van der Waals surface area contributed by atoms with Gasteiger partial charge in [0.05, 0.1) is 14.9 Å². The van der Waals surface area contributed by atoms with Crippen molar-refractivity contribution in [3.63, 3.8) is 0 Å². The zero-order valence-corrected chi connectivity index (χ0v) is 14.5. The molecular weight excluding hydrogens is 321 g/mol. The fourth-order valence-electron chi connectivity index (χ4n) is 1.34. The number of halogens is 2. The number of carbonyl (C=O) groups is 1. The molecule has 1 aromatic rings. The third kappa shape index (κ3) is 8.10. The monoisotopic (exact) mass is 339 g/mol. The second-order valence-corrected chi connectivity index (χ2v) is 6.04. The van der Waals surface area contributed by atoms with Crippen molar-refractivity contribution in [1.29, 1.82) is 0 Å². The Balaban J connectivity index is 0.000000399. The van der Waals surface area contributed by atoms with Gasteiger partial charge in [-0.3, -0.25) is 4.79 Å². The van der Waals surface area contributed by atoms with Gasteiger partial charge < -0.3 is 4.90 Å². The highest BCUT2D eigenvalue weighted by Gasteiger charge is 2.08. The maximum Gasteiger partial charge on any atom is 0.247 e. The molecule has 1 rings (SSSR count). The standard InChI is InChI=1S/C7H4Cl2OS2.C6H15N/c8-4-2-1-3-5(9)6(4)12-7(10)11;1-4-7(5-2)6-3/h1-3H,(H,10,11);4-6H2,1-3H3. The van der Waals surface area contributed by atoms with Gasteiger partial charge in [0.15, 0.2) is 0 Å². The van der Waals surface area contributed by atoms with E-state index in [1.807, 2.05) is 0 Å². The molecule has 0 heterocycles. The number of carbonyl (C=O) groups excluding carboxylic acids is 1. The highest BCUT2D eigenvalue weighted by atomic mass is 35.5. The summed E-state index contributed by atoms with van der Waals surface area (Å²) in [5.74, 6) is 0. The molecular formula is C13H19Cl2NOS2. The van der Waals surface area contributed by atoms with E-state index in [1.54, 1.807) is 18.2 Å². The van der Waals surface area contributed by atoms with Crippen molar-refractivity contribution in [3.8, 4) is 0 Å². The highest BCUT2D eigenvalue weighted by molar-refractivity contribution is 8.32. The van der Waals surface area contributed by atoms with E-state index in [9.17, 15) is 4.79 Å². The van der Waals surface area contributed by atoms with Crippen LogP contribution in [0, 0.1) is 0 Å². The molecule has 0 amide bonds. The number of rotatable bonds is 4. The molecule has 0 spiro atoms. The lowest BCUT2D eigenvalue weighted by atomic mass is 10.4. The van der Waals surface area contributed by atoms with Gasteiger partial charge in [-0.2, -0.15) is 0 Å². The molecule has 0 atom stereocenters. The third-order valence-electron chi connectivity index (χ3n) is 2.45. The van der Waals surface area contributed by atoms with Gasteiger partial charge in [-0.05, 0) is 43.5 Å². The van der Waals surface area contributed by atoms with Crippen LogP contribution >= 0.6 is 47.6 Å². The van der Waals surface area contributed by atoms with Gasteiger partial charge in [-0.1, -0.05) is 62.7 Å². The van der Waals surface area contributed by atoms with E-state index in [0.29, 0.717) is 14.9 Å². The fraction of sp³-hybridized carbons (Fsp3) is 0.462. The van der Waals surface area contributed by atoms with Gasteiger partial charge in [0, 0.05) is 0 Å². The Labute approximate surface area is 135 Å². The first kappa shape index (κ1) is 19.1. The van der Waals surface area contributed by atoms with Crippen molar-refractivity contribution in [2.75, 3.05) is 19.6 Å². The Morgan fingerprint density at radius 3 is 1.84 bits per heavy atom. The van der Waals surface area contributed by atoms with E-state index in [1.165, 1.54) is 19.6 Å². The van der Waals surface area contributed by atoms with Gasteiger partial charge in [0.25, 0.3) is 0 Å². The van der Waals surface area contributed by atoms with Gasteiger partial charge in [-0.15, -0.1) is 0 Å². The summed E-state index contributed by atoms with van der Waals surface area (Å²) in [7, 11) is 0. The Bertz CT molecular complexity index is 372. The van der Waals surface area contributed by atoms with E-state index in [2.05, 4.69) is 38.3 Å². The average Bonchev–Trinajstić information content (AvgIpc) is 2.37. The van der Waals surface area contributed by atoms with Crippen molar-refractivity contribution in [1.82, 2.24) is 4.90 Å². The van der Waals surface area contributed by atoms with Crippen molar-refractivity contribution in [2.45, 2.75) is 25.7 Å². The fourth-order valence-corrected chi connectivity index (χ4v) is 2.75. The molecule has 0 aromatic heterocycles. The van der Waals surface area contributed by atoms with Crippen molar-refractivity contribution in [2.24, 2.45) is 0 Å². The highest BCUT2D eigenvalue weighted by Crippen LogP contribution is 2.34. The molecule has 0 saturated carbocycles. The van der Waals surface area contributed by atoms with Crippen LogP contribution in [0.4, 0.5) is 4.79 Å². The Morgan fingerprint density at radius 2 is 1.58 bits per heavy atom. The van der Waals surface area contributed by atoms with Crippen LogP contribution in [0.15, 0.2) is 23.1 Å². The van der Waals surface area contributed by atoms with Crippen LogP contribution in [0.1, 0.15) is 20.8 Å². The molecule has 0 fully saturated rings. The summed E-state index contributed by atoms with van der Waals surface area (Å²) >= 11 is 16.1. The number of hydrogen-bond acceptors (Lipinski definition) is 3. The van der Waals surface area contributed by atoms with E-state index in [4.69, 9.17) is 23.2 Å². The summed E-state index contributed by atoms with van der Waals surface area (Å²) in [6.45, 7) is 10.1. The maximum atomic E-state index is 10.6. The number of nitrogens with zero attached hydrogens (tertiary/aromatic N) is 1. The smallest absolute Gasteiger partial charge is 0.247 e. The zero-order valence-electron chi connectivity index (χ0n) is 11.3. The summed E-state index contributed by atoms with van der Waals surface area (Å²) in [5, 5.41) is 0.935. The van der Waals surface area contributed by atoms with Crippen LogP contribution in [0.5, 0.6) is 0 Å². The molecule has 0 aliphatic rings. The molecule has 6 heteroatoms. The van der Waals surface area contributed by atoms with E-state index in [-0.39, 0.29) is 4.45 Å². The van der Waals surface area contributed by atoms with Gasteiger partial charge in [0.2, 0.25) is 4.45 Å². The normalized spacial score (nSPS) is 10.1. The summed E-state index contributed by atoms with van der Waals surface area (Å²) in [6, 6.07) is 5.07. The van der Waals surface area contributed by atoms with Crippen molar-refractivity contribution >= 4 is 52.0 Å². The van der Waals surface area contributed by atoms with Crippen molar-refractivity contribution < 1.29 is 4.79 Å². The molecule has 0 bridgehead atoms. The topological polar surface area (TPSA) is 20.3 Å². The summed E-state index contributed by atoms with van der Waals surface area (Å²) in [6.07, 6.45) is 0. The molecule has 108 valence electrons. The number of thioether (sulfide) groups is 1. The number of thiol groups is 1. The molecule has 19 heavy (non-hydrogen) atoms. The predicted octanol–water partition coefficient (Wildman–Crippen LogP) is 5.48. The molecule has 0 unspecified atom stereocenters. The molecule has 0 aliphatic heterocycles. The van der Waals surface area contributed by atoms with Crippen LogP contribution < -0.4 is 0 Å². The van der Waals surface area contributed by atoms with Gasteiger partial charge in [0.1, 0.15) is 0 Å². The minimum absolute atomic E-state index is 0.329. The molecule has 0 N–H and O–H groups in total. The molecule has 1 aromatic carbocycles. The lowest BCUT2D eigenvalue weighted by Crippen LogP contribution is -2.21. The molecule has 0 aliphatic carbocycles. The summed E-state index contributed by atoms with van der Waals surface area (Å²) in [4.78, 5) is 13.6. The molecule has 0 saturated heterocycles. The lowest BCUT2D eigenvalue weighted by Gasteiger charge is -2.13. The van der Waals surface area contributed by atoms with Crippen LogP contribution in [-0.2, 0) is 0 Å². The maximum absolute atomic E-state index is 10.6. The van der Waals surface area contributed by atoms with E-state index >= 15 is 0 Å². The molecule has 0 radical (unpaired) electrons. The molecule has 2 nitrogen and oxygen atoms in total. The first-order chi connectivity index (χ1) is 8.96. The van der Waals surface area contributed by atoms with E-state index in [0.717, 1.165) is 11.8 Å². The Hall–Kier alpha value is 0.130. The van der Waals surface area contributed by atoms with Crippen LogP contribution in [0.25, 0.3) is 0 Å². The number of hydrogen-bond donors (Lipinski definition) is 1. The first-order valence-corrected chi connectivity index (χ1v) is 8.05. The van der Waals surface area contributed by atoms with Gasteiger partial charge >= 0.3 is 0 Å². The minimum atomic E-state index is -0.329. The van der Waals surface area contributed by atoms with Gasteiger partial charge in [-0.25, -0.2) is 0 Å². The average molecular weight is 340 g/mol. The summed E-state index contributed by atoms with van der Waals surface area (Å²) < 4.78 is -0.329. The first-order valence-electron chi connectivity index (χ1n) is 6.03. The summed E-state index contributed by atoms with van der Waals surface area (Å²) in [5.41, 5.74) is 0. The lowest BCUT2D eigenvalue weighted by molar-refractivity contribution is 0.277. The van der Waals surface area contributed by atoms with Crippen LogP contribution in [0.3, 0.4) is 0 Å². The largest absolute Gasteiger partial charge is 0.304 e. The SMILES string of the molecule is CCN(CC)CC.O=C(S)Sc1c(Cl)cccc1Cl.